The van der Waals surface area contributed by atoms with E-state index in [1.54, 1.807) is 14.0 Å². The minimum Gasteiger partial charge on any atom is -0.312 e. The first-order chi connectivity index (χ1) is 9.07. The molecule has 0 aliphatic carbocycles. The summed E-state index contributed by atoms with van der Waals surface area (Å²) in [5.74, 6) is 0.309. The van der Waals surface area contributed by atoms with Crippen molar-refractivity contribution in [2.45, 2.75) is 13.0 Å². The Kier molecular flexibility index (Phi) is 4.22. The predicted octanol–water partition coefficient (Wildman–Crippen LogP) is 2.54. The molecule has 3 nitrogen and oxygen atoms in total. The number of benzene rings is 2. The largest absolute Gasteiger partial charge is 0.312 e. The molecule has 1 atom stereocenters. The lowest BCUT2D eigenvalue weighted by Gasteiger charge is -2.18. The van der Waals surface area contributed by atoms with Crippen LogP contribution in [0.25, 0.3) is 10.8 Å². The van der Waals surface area contributed by atoms with Crippen LogP contribution in [-0.2, 0) is 9.84 Å². The molecule has 0 saturated heterocycles. The molecule has 2 aromatic carbocycles. The van der Waals surface area contributed by atoms with Gasteiger partial charge in [-0.15, -0.1) is 0 Å². The first kappa shape index (κ1) is 14.0. The lowest BCUT2D eigenvalue weighted by molar-refractivity contribution is 0.576. The average Bonchev–Trinajstić information content (AvgIpc) is 2.44. The third kappa shape index (κ3) is 3.14. The second-order valence-electron chi connectivity index (χ2n) is 4.61. The molecule has 0 fully saturated rings. The van der Waals surface area contributed by atoms with Gasteiger partial charge in [-0.05, 0) is 23.4 Å². The topological polar surface area (TPSA) is 46.2 Å². The lowest BCUT2D eigenvalue weighted by Crippen LogP contribution is -2.26. The third-order valence-electron chi connectivity index (χ3n) is 3.41. The summed E-state index contributed by atoms with van der Waals surface area (Å²) in [4.78, 5) is 0. The zero-order valence-electron chi connectivity index (χ0n) is 11.3. The molecule has 19 heavy (non-hydrogen) atoms. The van der Waals surface area contributed by atoms with Crippen molar-refractivity contribution >= 4 is 20.6 Å². The first-order valence-corrected chi connectivity index (χ1v) is 8.25. The third-order valence-corrected chi connectivity index (χ3v) is 5.13. The summed E-state index contributed by atoms with van der Waals surface area (Å²) in [6.07, 6.45) is 0. The molecule has 0 bridgehead atoms. The van der Waals surface area contributed by atoms with Crippen LogP contribution in [0.1, 0.15) is 18.5 Å². The summed E-state index contributed by atoms with van der Waals surface area (Å²) < 4.78 is 23.7. The summed E-state index contributed by atoms with van der Waals surface area (Å²) in [5, 5.41) is 5.36. The summed E-state index contributed by atoms with van der Waals surface area (Å²) in [5.41, 5.74) is 1.04. The van der Waals surface area contributed by atoms with E-state index < -0.39 is 9.84 Å². The van der Waals surface area contributed by atoms with E-state index in [1.165, 1.54) is 0 Å². The maximum atomic E-state index is 11.8. The lowest BCUT2D eigenvalue weighted by atomic mass is 10.00. The molecule has 0 aliphatic heterocycles. The molecule has 0 aromatic heterocycles. The fraction of sp³-hybridized carbons (Fsp3) is 0.333. The second kappa shape index (κ2) is 5.72. The van der Waals surface area contributed by atoms with Crippen LogP contribution in [0.4, 0.5) is 0 Å². The first-order valence-electron chi connectivity index (χ1n) is 6.42. The highest BCUT2D eigenvalue weighted by Gasteiger charge is 2.19. The highest BCUT2D eigenvalue weighted by Crippen LogP contribution is 2.25. The molecule has 0 spiro atoms. The normalized spacial score (nSPS) is 13.6. The Balaban J connectivity index is 2.47. The number of fused-ring (bicyclic) bond motifs is 1. The Morgan fingerprint density at radius 3 is 2.47 bits per heavy atom. The molecule has 2 aromatic rings. The molecule has 0 aliphatic rings. The number of nitrogens with one attached hydrogen (secondary N) is 1. The van der Waals surface area contributed by atoms with Crippen molar-refractivity contribution in [2.24, 2.45) is 0 Å². The molecule has 4 heteroatoms. The van der Waals surface area contributed by atoms with Crippen LogP contribution in [0, 0.1) is 0 Å². The summed E-state index contributed by atoms with van der Waals surface area (Å²) in [7, 11) is -1.21. The Morgan fingerprint density at radius 1 is 1.11 bits per heavy atom. The van der Waals surface area contributed by atoms with Crippen LogP contribution in [0.2, 0.25) is 0 Å². The van der Waals surface area contributed by atoms with Gasteiger partial charge in [0.05, 0.1) is 5.75 Å². The van der Waals surface area contributed by atoms with Crippen LogP contribution in [0.3, 0.4) is 0 Å². The van der Waals surface area contributed by atoms with Crippen molar-refractivity contribution in [3.05, 3.63) is 48.0 Å². The minimum absolute atomic E-state index is 0.133. The minimum atomic E-state index is -3.01. The second-order valence-corrected chi connectivity index (χ2v) is 7.01. The molecule has 2 rings (SSSR count). The molecular weight excluding hydrogens is 258 g/mol. The predicted molar refractivity (Wildman–Crippen MR) is 80.1 cm³/mol. The van der Waals surface area contributed by atoms with E-state index in [0.29, 0.717) is 0 Å². The van der Waals surface area contributed by atoms with Gasteiger partial charge in [-0.3, -0.25) is 0 Å². The maximum Gasteiger partial charge on any atom is 0.151 e. The van der Waals surface area contributed by atoms with Gasteiger partial charge in [-0.2, -0.15) is 0 Å². The summed E-state index contributed by atoms with van der Waals surface area (Å²) in [6.45, 7) is 1.69. The number of hydrogen-bond acceptors (Lipinski definition) is 3. The standard InChI is InChI=1S/C15H19NO2S/c1-3-19(17,18)11-15(16-2)14-10-6-8-12-7-4-5-9-13(12)14/h4-10,15-16H,3,11H2,1-2H3. The Labute approximate surface area is 114 Å². The van der Waals surface area contributed by atoms with Crippen molar-refractivity contribution < 1.29 is 8.42 Å². The monoisotopic (exact) mass is 277 g/mol. The Morgan fingerprint density at radius 2 is 1.79 bits per heavy atom. The van der Waals surface area contributed by atoms with Gasteiger partial charge in [-0.25, -0.2) is 8.42 Å². The van der Waals surface area contributed by atoms with Crippen LogP contribution in [0.15, 0.2) is 42.5 Å². The van der Waals surface area contributed by atoms with Crippen molar-refractivity contribution in [2.75, 3.05) is 18.6 Å². The van der Waals surface area contributed by atoms with Gasteiger partial charge in [0.2, 0.25) is 0 Å². The fourth-order valence-electron chi connectivity index (χ4n) is 2.25. The average molecular weight is 277 g/mol. The quantitative estimate of drug-likeness (QED) is 0.913. The van der Waals surface area contributed by atoms with E-state index in [0.717, 1.165) is 16.3 Å². The van der Waals surface area contributed by atoms with E-state index in [-0.39, 0.29) is 17.5 Å². The number of hydrogen-bond donors (Lipinski definition) is 1. The Bertz CT molecular complexity index is 659. The molecule has 1 N–H and O–H groups in total. The number of rotatable bonds is 5. The zero-order chi connectivity index (χ0) is 13.9. The van der Waals surface area contributed by atoms with Crippen molar-refractivity contribution in [1.82, 2.24) is 5.32 Å². The van der Waals surface area contributed by atoms with Crippen LogP contribution in [0.5, 0.6) is 0 Å². The molecule has 102 valence electrons. The molecule has 0 amide bonds. The van der Waals surface area contributed by atoms with Crippen LogP contribution >= 0.6 is 0 Å². The highest BCUT2D eigenvalue weighted by atomic mass is 32.2. The molecule has 0 radical (unpaired) electrons. The van der Waals surface area contributed by atoms with E-state index in [9.17, 15) is 8.42 Å². The zero-order valence-corrected chi connectivity index (χ0v) is 12.1. The van der Waals surface area contributed by atoms with Gasteiger partial charge in [0.25, 0.3) is 0 Å². The van der Waals surface area contributed by atoms with Gasteiger partial charge in [0, 0.05) is 11.8 Å². The van der Waals surface area contributed by atoms with Crippen LogP contribution in [-0.4, -0.2) is 27.0 Å². The summed E-state index contributed by atoms with van der Waals surface area (Å²) >= 11 is 0. The van der Waals surface area contributed by atoms with Crippen molar-refractivity contribution in [3.8, 4) is 0 Å². The van der Waals surface area contributed by atoms with E-state index in [4.69, 9.17) is 0 Å². The SMILES string of the molecule is CCS(=O)(=O)CC(NC)c1cccc2ccccc12. The molecule has 0 heterocycles. The van der Waals surface area contributed by atoms with E-state index in [2.05, 4.69) is 5.32 Å². The van der Waals surface area contributed by atoms with Crippen LogP contribution < -0.4 is 5.32 Å². The van der Waals surface area contributed by atoms with Crippen molar-refractivity contribution in [1.29, 1.82) is 0 Å². The van der Waals surface area contributed by atoms with Gasteiger partial charge in [-0.1, -0.05) is 49.4 Å². The molecule has 1 unspecified atom stereocenters. The Hall–Kier alpha value is -1.39. The van der Waals surface area contributed by atoms with Gasteiger partial charge in [0.1, 0.15) is 0 Å². The van der Waals surface area contributed by atoms with E-state index >= 15 is 0 Å². The maximum absolute atomic E-state index is 11.8. The van der Waals surface area contributed by atoms with Gasteiger partial charge in [0.15, 0.2) is 9.84 Å². The van der Waals surface area contributed by atoms with Gasteiger partial charge >= 0.3 is 0 Å². The van der Waals surface area contributed by atoms with E-state index in [1.807, 2.05) is 42.5 Å². The smallest absolute Gasteiger partial charge is 0.151 e. The molecule has 0 saturated carbocycles. The highest BCUT2D eigenvalue weighted by molar-refractivity contribution is 7.91. The molecular formula is C15H19NO2S. The van der Waals surface area contributed by atoms with Gasteiger partial charge < -0.3 is 5.32 Å². The number of sulfone groups is 1. The van der Waals surface area contributed by atoms with Crippen molar-refractivity contribution in [3.63, 3.8) is 0 Å². The summed E-state index contributed by atoms with van der Waals surface area (Å²) in [6, 6.07) is 13.9. The fourth-order valence-corrected chi connectivity index (χ4v) is 3.34.